The Morgan fingerprint density at radius 1 is 1.39 bits per heavy atom. The average Bonchev–Trinajstić information content (AvgIpc) is 3.21. The van der Waals surface area contributed by atoms with Crippen LogP contribution in [-0.4, -0.2) is 33.5 Å². The average molecular weight is 447 g/mol. The first kappa shape index (κ1) is 20.5. The predicted molar refractivity (Wildman–Crippen MR) is 102 cm³/mol. The van der Waals surface area contributed by atoms with Gasteiger partial charge in [0.15, 0.2) is 0 Å². The quantitative estimate of drug-likeness (QED) is 0.521. The van der Waals surface area contributed by atoms with E-state index in [9.17, 15) is 13.6 Å². The number of rotatable bonds is 7. The second-order valence-corrected chi connectivity index (χ2v) is 7.92. The number of hydrogen-bond acceptors (Lipinski definition) is 8. The molecule has 0 spiro atoms. The lowest BCUT2D eigenvalue weighted by Gasteiger charge is -2.09. The Kier molecular flexibility index (Phi) is 6.47. The molecule has 3 rings (SSSR count). The van der Waals surface area contributed by atoms with Crippen molar-refractivity contribution in [3.05, 3.63) is 33.9 Å². The topological polar surface area (TPSA) is 90.1 Å². The van der Waals surface area contributed by atoms with E-state index in [1.54, 1.807) is 0 Å². The maximum Gasteiger partial charge on any atom is 0.387 e. The number of thioether (sulfide) groups is 1. The molecule has 0 aliphatic rings. The molecule has 0 unspecified atom stereocenters. The number of halogens is 3. The molecule has 1 aromatic carbocycles. The highest BCUT2D eigenvalue weighted by molar-refractivity contribution is 7.99. The molecule has 2 aromatic heterocycles. The summed E-state index contributed by atoms with van der Waals surface area (Å²) in [5.74, 6) is -0.161. The number of aromatic nitrogens is 3. The Hall–Kier alpha value is -2.24. The summed E-state index contributed by atoms with van der Waals surface area (Å²) in [7, 11) is 0. The number of amides is 1. The second-order valence-electron chi connectivity index (χ2n) is 5.38. The summed E-state index contributed by atoms with van der Waals surface area (Å²) in [5.41, 5.74) is 1.15. The summed E-state index contributed by atoms with van der Waals surface area (Å²) in [6.45, 7) is 0.758. The molecule has 0 saturated carbocycles. The zero-order valence-electron chi connectivity index (χ0n) is 14.5. The van der Waals surface area contributed by atoms with Crippen molar-refractivity contribution in [2.45, 2.75) is 25.7 Å². The molecule has 3 aromatic rings. The van der Waals surface area contributed by atoms with E-state index in [4.69, 9.17) is 16.0 Å². The lowest BCUT2D eigenvalue weighted by Crippen LogP contribution is -2.14. The van der Waals surface area contributed by atoms with Crippen LogP contribution in [0.4, 0.5) is 14.5 Å². The number of aryl methyl sites for hydroxylation is 2. The van der Waals surface area contributed by atoms with Gasteiger partial charge in [-0.25, -0.2) is 4.98 Å². The van der Waals surface area contributed by atoms with Crippen molar-refractivity contribution in [2.75, 3.05) is 11.1 Å². The summed E-state index contributed by atoms with van der Waals surface area (Å²) in [6.07, 6.45) is 0. The third-order valence-corrected chi connectivity index (χ3v) is 5.44. The molecule has 28 heavy (non-hydrogen) atoms. The largest absolute Gasteiger partial charge is 0.433 e. The molecule has 2 heterocycles. The number of nitrogens with zero attached hydrogens (tertiary/aromatic N) is 3. The number of thiazole rings is 1. The molecule has 0 bridgehead atoms. The minimum atomic E-state index is -2.98. The normalized spacial score (nSPS) is 11.1. The van der Waals surface area contributed by atoms with Gasteiger partial charge in [-0.3, -0.25) is 4.79 Å². The summed E-state index contributed by atoms with van der Waals surface area (Å²) in [6, 6.07) is 3.98. The van der Waals surface area contributed by atoms with Crippen molar-refractivity contribution >= 4 is 46.3 Å². The summed E-state index contributed by atoms with van der Waals surface area (Å²) in [5, 5.41) is 11.6. The van der Waals surface area contributed by atoms with Crippen LogP contribution in [0.3, 0.4) is 0 Å². The zero-order valence-corrected chi connectivity index (χ0v) is 16.9. The van der Waals surface area contributed by atoms with Crippen molar-refractivity contribution < 1.29 is 22.7 Å². The lowest BCUT2D eigenvalue weighted by atomic mass is 10.3. The summed E-state index contributed by atoms with van der Waals surface area (Å²) < 4.78 is 34.3. The van der Waals surface area contributed by atoms with Gasteiger partial charge in [-0.1, -0.05) is 23.4 Å². The summed E-state index contributed by atoms with van der Waals surface area (Å²) in [4.78, 5) is 17.2. The van der Waals surface area contributed by atoms with Gasteiger partial charge < -0.3 is 14.5 Å². The molecule has 0 aliphatic carbocycles. The fraction of sp³-hybridized carbons (Fsp3) is 0.250. The van der Waals surface area contributed by atoms with E-state index in [1.807, 2.05) is 13.8 Å². The van der Waals surface area contributed by atoms with Gasteiger partial charge in [-0.15, -0.1) is 21.5 Å². The van der Waals surface area contributed by atoms with Crippen LogP contribution in [0.2, 0.25) is 5.02 Å². The van der Waals surface area contributed by atoms with E-state index >= 15 is 0 Å². The number of hydrogen-bond donors (Lipinski definition) is 1. The third kappa shape index (κ3) is 5.18. The number of ether oxygens (including phenoxy) is 1. The van der Waals surface area contributed by atoms with Gasteiger partial charge in [0.05, 0.1) is 21.5 Å². The molecule has 1 amide bonds. The summed E-state index contributed by atoms with van der Waals surface area (Å²) >= 11 is 8.37. The Balaban J connectivity index is 1.56. The molecule has 0 fully saturated rings. The van der Waals surface area contributed by atoms with Gasteiger partial charge in [-0.05, 0) is 32.0 Å². The highest BCUT2D eigenvalue weighted by Crippen LogP contribution is 2.31. The van der Waals surface area contributed by atoms with E-state index < -0.39 is 6.61 Å². The molecule has 0 saturated heterocycles. The Morgan fingerprint density at radius 2 is 2.18 bits per heavy atom. The number of carbonyl (C=O) groups is 1. The molecule has 148 valence electrons. The van der Waals surface area contributed by atoms with Crippen molar-refractivity contribution in [1.29, 1.82) is 0 Å². The standard InChI is InChI=1S/C16H13ClF2N4O3S2/c1-7-13(28-8(2)20-7)14-22-23-16(26-14)27-6-12(24)21-9-3-4-11(10(17)5-9)25-15(18)19/h3-5,15H,6H2,1-2H3,(H,21,24). The first-order valence-electron chi connectivity index (χ1n) is 7.76. The maximum atomic E-state index is 12.2. The third-order valence-electron chi connectivity index (χ3n) is 3.26. The lowest BCUT2D eigenvalue weighted by molar-refractivity contribution is -0.113. The molecule has 0 aliphatic heterocycles. The molecule has 1 N–H and O–H groups in total. The Bertz CT molecular complexity index is 996. The van der Waals surface area contributed by atoms with E-state index in [0.717, 1.165) is 27.3 Å². The maximum absolute atomic E-state index is 12.2. The van der Waals surface area contributed by atoms with Crippen LogP contribution in [0.5, 0.6) is 5.75 Å². The fourth-order valence-electron chi connectivity index (χ4n) is 2.18. The molecule has 12 heteroatoms. The highest BCUT2D eigenvalue weighted by atomic mass is 35.5. The van der Waals surface area contributed by atoms with Gasteiger partial charge in [0, 0.05) is 5.69 Å². The number of alkyl halides is 2. The number of nitrogens with one attached hydrogen (secondary N) is 1. The minimum absolute atomic E-state index is 0.00916. The van der Waals surface area contributed by atoms with Gasteiger partial charge >= 0.3 is 6.61 Å². The van der Waals surface area contributed by atoms with Gasteiger partial charge in [0.1, 0.15) is 10.6 Å². The fourth-order valence-corrected chi connectivity index (χ4v) is 3.81. The van der Waals surface area contributed by atoms with Crippen LogP contribution >= 0.6 is 34.7 Å². The highest BCUT2D eigenvalue weighted by Gasteiger charge is 2.16. The SMILES string of the molecule is Cc1nc(C)c(-c2nnc(SCC(=O)Nc3ccc(OC(F)F)c(Cl)c3)o2)s1. The van der Waals surface area contributed by atoms with Crippen molar-refractivity contribution in [3.63, 3.8) is 0 Å². The molecular formula is C16H13ClF2N4O3S2. The van der Waals surface area contributed by atoms with Crippen molar-refractivity contribution in [3.8, 4) is 16.5 Å². The molecule has 7 nitrogen and oxygen atoms in total. The number of benzene rings is 1. The van der Waals surface area contributed by atoms with Crippen LogP contribution in [-0.2, 0) is 4.79 Å². The molecular weight excluding hydrogens is 434 g/mol. The van der Waals surface area contributed by atoms with Gasteiger partial charge in [-0.2, -0.15) is 8.78 Å². The second kappa shape index (κ2) is 8.84. The van der Waals surface area contributed by atoms with Crippen LogP contribution in [0.1, 0.15) is 10.7 Å². The monoisotopic (exact) mass is 446 g/mol. The number of anilines is 1. The minimum Gasteiger partial charge on any atom is -0.433 e. The molecule has 0 radical (unpaired) electrons. The van der Waals surface area contributed by atoms with E-state index in [1.165, 1.54) is 29.5 Å². The zero-order chi connectivity index (χ0) is 20.3. The van der Waals surface area contributed by atoms with Crippen molar-refractivity contribution in [1.82, 2.24) is 15.2 Å². The van der Waals surface area contributed by atoms with Crippen LogP contribution in [0.25, 0.3) is 10.8 Å². The Morgan fingerprint density at radius 3 is 2.82 bits per heavy atom. The number of carbonyl (C=O) groups excluding carboxylic acids is 1. The van der Waals surface area contributed by atoms with E-state index in [2.05, 4.69) is 25.2 Å². The smallest absolute Gasteiger partial charge is 0.387 e. The van der Waals surface area contributed by atoms with E-state index in [-0.39, 0.29) is 27.7 Å². The van der Waals surface area contributed by atoms with Crippen LogP contribution in [0.15, 0.2) is 27.8 Å². The van der Waals surface area contributed by atoms with Gasteiger partial charge in [0.25, 0.3) is 11.1 Å². The predicted octanol–water partition coefficient (Wildman–Crippen LogP) is 4.80. The van der Waals surface area contributed by atoms with E-state index in [0.29, 0.717) is 11.6 Å². The van der Waals surface area contributed by atoms with Crippen molar-refractivity contribution in [2.24, 2.45) is 0 Å². The molecule has 0 atom stereocenters. The van der Waals surface area contributed by atoms with Crippen LogP contribution in [0, 0.1) is 13.8 Å². The first-order chi connectivity index (χ1) is 13.3. The van der Waals surface area contributed by atoms with Crippen LogP contribution < -0.4 is 10.1 Å². The van der Waals surface area contributed by atoms with Gasteiger partial charge in [0.2, 0.25) is 5.91 Å². The Labute approximate surface area is 171 Å². The first-order valence-corrected chi connectivity index (χ1v) is 9.94.